The highest BCUT2D eigenvalue weighted by molar-refractivity contribution is 5.73. The Hall–Kier alpha value is -3.61. The maximum absolute atomic E-state index is 13.6. The number of halogens is 1. The zero-order valence-corrected chi connectivity index (χ0v) is 15.1. The number of hydrogen-bond donors (Lipinski definition) is 1. The van der Waals surface area contributed by atoms with E-state index in [2.05, 4.69) is 20.2 Å². The van der Waals surface area contributed by atoms with Crippen LogP contribution < -0.4 is 4.74 Å². The molecule has 0 spiro atoms. The van der Waals surface area contributed by atoms with Crippen LogP contribution in [0.5, 0.6) is 11.6 Å². The van der Waals surface area contributed by atoms with Gasteiger partial charge in [-0.2, -0.15) is 0 Å². The number of pyridine rings is 1. The molecule has 28 heavy (non-hydrogen) atoms. The molecule has 0 fully saturated rings. The molecule has 0 aliphatic heterocycles. The highest BCUT2D eigenvalue weighted by Crippen LogP contribution is 2.32. The Balaban J connectivity index is 1.59. The van der Waals surface area contributed by atoms with Gasteiger partial charge in [0.15, 0.2) is 5.82 Å². The number of ether oxygens (including phenoxy) is 1. The van der Waals surface area contributed by atoms with E-state index >= 15 is 0 Å². The van der Waals surface area contributed by atoms with Crippen LogP contribution in [0, 0.1) is 0 Å². The van der Waals surface area contributed by atoms with Crippen molar-refractivity contribution >= 4 is 6.08 Å². The molecule has 0 saturated heterocycles. The Morgan fingerprint density at radius 3 is 2.68 bits per heavy atom. The van der Waals surface area contributed by atoms with Gasteiger partial charge in [-0.15, -0.1) is 10.2 Å². The van der Waals surface area contributed by atoms with Gasteiger partial charge >= 0.3 is 0 Å². The van der Waals surface area contributed by atoms with Gasteiger partial charge < -0.3 is 9.84 Å². The molecular weight excluding hydrogens is 359 g/mol. The standard InChI is InChI=1S/C21H17FN4O2/c1-28-20-11-14(7-8-23-20)13-5-6-17(19(27)10-13)21-24-12-16(25-26-21)9-15-3-2-4-18(15)22/h2,4-12,18,27H,3H2,1H3/b15-9+/t18-/m0/s1. The summed E-state index contributed by atoms with van der Waals surface area (Å²) in [5, 5.41) is 18.6. The van der Waals surface area contributed by atoms with Crippen molar-refractivity contribution < 1.29 is 14.2 Å². The molecule has 0 bridgehead atoms. The van der Waals surface area contributed by atoms with Gasteiger partial charge in [0.25, 0.3) is 0 Å². The minimum absolute atomic E-state index is 0.0324. The van der Waals surface area contributed by atoms with Crippen LogP contribution in [-0.4, -0.2) is 38.6 Å². The molecule has 1 atom stereocenters. The third kappa shape index (κ3) is 3.59. The number of aromatic nitrogens is 4. The van der Waals surface area contributed by atoms with Gasteiger partial charge in [0, 0.05) is 12.3 Å². The largest absolute Gasteiger partial charge is 0.507 e. The molecule has 0 unspecified atom stereocenters. The van der Waals surface area contributed by atoms with Crippen molar-refractivity contribution in [1.29, 1.82) is 0 Å². The number of aromatic hydroxyl groups is 1. The van der Waals surface area contributed by atoms with Crippen LogP contribution in [0.15, 0.2) is 60.5 Å². The van der Waals surface area contributed by atoms with Crippen LogP contribution in [0.1, 0.15) is 12.1 Å². The SMILES string of the molecule is COc1cc(-c2ccc(-c3ncc(/C=C4\CC=C[C@@H]4F)nn3)c(O)c2)ccn1. The molecule has 1 aliphatic rings. The summed E-state index contributed by atoms with van der Waals surface area (Å²) >= 11 is 0. The molecule has 1 N–H and O–H groups in total. The Kier molecular flexibility index (Phi) is 4.80. The summed E-state index contributed by atoms with van der Waals surface area (Å²) in [5.41, 5.74) is 3.23. The first-order valence-electron chi connectivity index (χ1n) is 8.69. The Bertz CT molecular complexity index is 1060. The topological polar surface area (TPSA) is 81.0 Å². The Labute approximate surface area is 161 Å². The van der Waals surface area contributed by atoms with Crippen molar-refractivity contribution in [2.75, 3.05) is 7.11 Å². The molecule has 0 radical (unpaired) electrons. The molecule has 1 aliphatic carbocycles. The summed E-state index contributed by atoms with van der Waals surface area (Å²) in [6, 6.07) is 8.81. The zero-order chi connectivity index (χ0) is 19.5. The third-order valence-corrected chi connectivity index (χ3v) is 4.44. The maximum atomic E-state index is 13.6. The maximum Gasteiger partial charge on any atom is 0.213 e. The molecule has 0 saturated carbocycles. The number of rotatable bonds is 4. The summed E-state index contributed by atoms with van der Waals surface area (Å²) in [4.78, 5) is 8.33. The normalized spacial score (nSPS) is 17.2. The van der Waals surface area contributed by atoms with Gasteiger partial charge in [0.2, 0.25) is 5.88 Å². The molecule has 6 nitrogen and oxygen atoms in total. The van der Waals surface area contributed by atoms with E-state index in [1.54, 1.807) is 43.7 Å². The first-order valence-corrected chi connectivity index (χ1v) is 8.69. The number of phenols is 1. The number of alkyl halides is 1. The van der Waals surface area contributed by atoms with E-state index in [1.165, 1.54) is 12.3 Å². The summed E-state index contributed by atoms with van der Waals surface area (Å²) < 4.78 is 18.8. The average molecular weight is 376 g/mol. The average Bonchev–Trinajstić information content (AvgIpc) is 3.13. The molecule has 2 aromatic heterocycles. The second-order valence-corrected chi connectivity index (χ2v) is 6.28. The van der Waals surface area contributed by atoms with E-state index in [0.717, 1.165) is 11.1 Å². The predicted molar refractivity (Wildman–Crippen MR) is 103 cm³/mol. The Morgan fingerprint density at radius 1 is 1.14 bits per heavy atom. The van der Waals surface area contributed by atoms with Crippen LogP contribution in [0.25, 0.3) is 28.6 Å². The first kappa shape index (κ1) is 17.8. The molecule has 1 aromatic carbocycles. The van der Waals surface area contributed by atoms with Crippen LogP contribution in [0.3, 0.4) is 0 Å². The predicted octanol–water partition coefficient (Wildman–Crippen LogP) is 4.00. The van der Waals surface area contributed by atoms with E-state index in [9.17, 15) is 9.50 Å². The molecule has 3 aromatic rings. The fourth-order valence-electron chi connectivity index (χ4n) is 2.96. The lowest BCUT2D eigenvalue weighted by Gasteiger charge is -2.08. The lowest BCUT2D eigenvalue weighted by Crippen LogP contribution is -1.98. The van der Waals surface area contributed by atoms with Crippen LogP contribution in [0.2, 0.25) is 0 Å². The summed E-state index contributed by atoms with van der Waals surface area (Å²) in [7, 11) is 1.55. The fraction of sp³-hybridized carbons (Fsp3) is 0.143. The van der Waals surface area contributed by atoms with E-state index in [4.69, 9.17) is 4.74 Å². The Morgan fingerprint density at radius 2 is 2.00 bits per heavy atom. The first-order chi connectivity index (χ1) is 13.6. The van der Waals surface area contributed by atoms with E-state index < -0.39 is 6.17 Å². The highest BCUT2D eigenvalue weighted by Gasteiger charge is 2.15. The quantitative estimate of drug-likeness (QED) is 0.693. The number of benzene rings is 1. The second kappa shape index (κ2) is 7.56. The monoisotopic (exact) mass is 376 g/mol. The van der Waals surface area contributed by atoms with Crippen molar-refractivity contribution in [3.8, 4) is 34.1 Å². The van der Waals surface area contributed by atoms with Gasteiger partial charge in [-0.3, -0.25) is 0 Å². The smallest absolute Gasteiger partial charge is 0.213 e. The van der Waals surface area contributed by atoms with E-state index in [1.807, 2.05) is 12.1 Å². The molecule has 0 amide bonds. The van der Waals surface area contributed by atoms with Gasteiger partial charge in [-0.1, -0.05) is 18.2 Å². The van der Waals surface area contributed by atoms with Gasteiger partial charge in [-0.05, 0) is 47.4 Å². The van der Waals surface area contributed by atoms with Crippen LogP contribution in [-0.2, 0) is 0 Å². The van der Waals surface area contributed by atoms with Crippen molar-refractivity contribution in [1.82, 2.24) is 20.2 Å². The van der Waals surface area contributed by atoms with Gasteiger partial charge in [0.1, 0.15) is 17.6 Å². The van der Waals surface area contributed by atoms with Crippen molar-refractivity contribution in [2.45, 2.75) is 12.6 Å². The molecule has 7 heteroatoms. The van der Waals surface area contributed by atoms with E-state index in [0.29, 0.717) is 35.0 Å². The lowest BCUT2D eigenvalue weighted by atomic mass is 10.0. The number of nitrogens with zero attached hydrogens (tertiary/aromatic N) is 4. The number of phenolic OH excluding ortho intramolecular Hbond substituents is 1. The molecule has 140 valence electrons. The van der Waals surface area contributed by atoms with Gasteiger partial charge in [-0.25, -0.2) is 14.4 Å². The number of methoxy groups -OCH3 is 1. The second-order valence-electron chi connectivity index (χ2n) is 6.28. The highest BCUT2D eigenvalue weighted by atomic mass is 19.1. The number of hydrogen-bond acceptors (Lipinski definition) is 6. The molecule has 2 heterocycles. The van der Waals surface area contributed by atoms with Crippen LogP contribution >= 0.6 is 0 Å². The minimum Gasteiger partial charge on any atom is -0.507 e. The molecular formula is C21H17FN4O2. The summed E-state index contributed by atoms with van der Waals surface area (Å²) in [5.74, 6) is 0.816. The number of allylic oxidation sites excluding steroid dienone is 3. The zero-order valence-electron chi connectivity index (χ0n) is 15.1. The minimum atomic E-state index is -1.08. The van der Waals surface area contributed by atoms with Gasteiger partial charge in [0.05, 0.1) is 18.9 Å². The summed E-state index contributed by atoms with van der Waals surface area (Å²) in [6.45, 7) is 0. The van der Waals surface area contributed by atoms with Crippen molar-refractivity contribution in [3.05, 3.63) is 66.1 Å². The fourth-order valence-corrected chi connectivity index (χ4v) is 2.96. The third-order valence-electron chi connectivity index (χ3n) is 4.44. The van der Waals surface area contributed by atoms with Crippen LogP contribution in [0.4, 0.5) is 4.39 Å². The summed E-state index contributed by atoms with van der Waals surface area (Å²) in [6.07, 6.45) is 7.58. The lowest BCUT2D eigenvalue weighted by molar-refractivity contribution is 0.398. The van der Waals surface area contributed by atoms with Crippen molar-refractivity contribution in [2.24, 2.45) is 0 Å². The molecule has 4 rings (SSSR count). The van der Waals surface area contributed by atoms with Crippen molar-refractivity contribution in [3.63, 3.8) is 0 Å². The van der Waals surface area contributed by atoms with E-state index in [-0.39, 0.29) is 5.75 Å².